The van der Waals surface area contributed by atoms with E-state index in [4.69, 9.17) is 0 Å². The van der Waals surface area contributed by atoms with Gasteiger partial charge in [0.05, 0.1) is 0 Å². The topological polar surface area (TPSA) is 61.4 Å². The Labute approximate surface area is 161 Å². The quantitative estimate of drug-likeness (QED) is 0.833. The molecule has 1 aromatic carbocycles. The molecule has 1 amide bonds. The van der Waals surface area contributed by atoms with Crippen molar-refractivity contribution in [1.82, 2.24) is 15.1 Å². The van der Waals surface area contributed by atoms with E-state index in [2.05, 4.69) is 46.4 Å². The lowest BCUT2D eigenvalue weighted by molar-refractivity contribution is 0.0754. The third-order valence-corrected chi connectivity index (χ3v) is 5.05. The standard InChI is InChI=1S/C21H29N5O/c1-3-25(4-2)18-11-9-17(10-12-18)22-20-14-13-19(23-24-20)21(27)26-15-7-5-6-8-16-26/h9-14H,3-8,15-16H2,1-2H3,(H,22,24). The van der Waals surface area contributed by atoms with Crippen molar-refractivity contribution in [1.29, 1.82) is 0 Å². The lowest BCUT2D eigenvalue weighted by atomic mass is 10.2. The second kappa shape index (κ2) is 9.35. The number of amides is 1. The lowest BCUT2D eigenvalue weighted by Gasteiger charge is -2.21. The van der Waals surface area contributed by atoms with Gasteiger partial charge in [-0.2, -0.15) is 0 Å². The lowest BCUT2D eigenvalue weighted by Crippen LogP contribution is -2.32. The Morgan fingerprint density at radius 3 is 2.19 bits per heavy atom. The van der Waals surface area contributed by atoms with Crippen LogP contribution in [0.1, 0.15) is 50.0 Å². The van der Waals surface area contributed by atoms with Crippen molar-refractivity contribution in [2.75, 3.05) is 36.4 Å². The maximum Gasteiger partial charge on any atom is 0.274 e. The van der Waals surface area contributed by atoms with Gasteiger partial charge >= 0.3 is 0 Å². The number of hydrogen-bond donors (Lipinski definition) is 1. The zero-order chi connectivity index (χ0) is 19.1. The van der Waals surface area contributed by atoms with Crippen molar-refractivity contribution < 1.29 is 4.79 Å². The van der Waals surface area contributed by atoms with E-state index >= 15 is 0 Å². The van der Waals surface area contributed by atoms with Crippen molar-refractivity contribution in [3.63, 3.8) is 0 Å². The Hall–Kier alpha value is -2.63. The number of rotatable bonds is 6. The summed E-state index contributed by atoms with van der Waals surface area (Å²) in [6, 6.07) is 11.8. The SMILES string of the molecule is CCN(CC)c1ccc(Nc2ccc(C(=O)N3CCCCCC3)nn2)cc1. The highest BCUT2D eigenvalue weighted by molar-refractivity contribution is 5.92. The molecule has 0 saturated carbocycles. The second-order valence-corrected chi connectivity index (χ2v) is 6.85. The van der Waals surface area contributed by atoms with Crippen LogP contribution in [0.25, 0.3) is 0 Å². The van der Waals surface area contributed by atoms with Crippen LogP contribution in [0.4, 0.5) is 17.2 Å². The van der Waals surface area contributed by atoms with Crippen LogP contribution in [0.2, 0.25) is 0 Å². The molecular formula is C21H29N5O. The van der Waals surface area contributed by atoms with Crippen LogP contribution < -0.4 is 10.2 Å². The minimum absolute atomic E-state index is 0.0143. The number of carbonyl (C=O) groups excluding carboxylic acids is 1. The summed E-state index contributed by atoms with van der Waals surface area (Å²) >= 11 is 0. The molecule has 3 rings (SSSR count). The second-order valence-electron chi connectivity index (χ2n) is 6.85. The Morgan fingerprint density at radius 2 is 1.63 bits per heavy atom. The summed E-state index contributed by atoms with van der Waals surface area (Å²) in [5.74, 6) is 0.623. The molecular weight excluding hydrogens is 338 g/mol. The first-order valence-corrected chi connectivity index (χ1v) is 9.96. The number of hydrogen-bond acceptors (Lipinski definition) is 5. The number of carbonyl (C=O) groups is 1. The normalized spacial score (nSPS) is 14.5. The molecule has 144 valence electrons. The minimum Gasteiger partial charge on any atom is -0.372 e. The molecule has 27 heavy (non-hydrogen) atoms. The molecule has 1 N–H and O–H groups in total. The average Bonchev–Trinajstić information content (AvgIpc) is 3.00. The summed E-state index contributed by atoms with van der Waals surface area (Å²) in [5.41, 5.74) is 2.57. The van der Waals surface area contributed by atoms with Gasteiger partial charge in [0, 0.05) is 37.6 Å². The van der Waals surface area contributed by atoms with Gasteiger partial charge in [0.15, 0.2) is 11.5 Å². The van der Waals surface area contributed by atoms with Crippen molar-refractivity contribution in [3.8, 4) is 0 Å². The van der Waals surface area contributed by atoms with Crippen molar-refractivity contribution in [2.24, 2.45) is 0 Å². The molecule has 0 radical (unpaired) electrons. The van der Waals surface area contributed by atoms with Gasteiger partial charge in [0.25, 0.3) is 5.91 Å². The van der Waals surface area contributed by atoms with Gasteiger partial charge in [-0.3, -0.25) is 4.79 Å². The van der Waals surface area contributed by atoms with Gasteiger partial charge in [-0.15, -0.1) is 10.2 Å². The van der Waals surface area contributed by atoms with Gasteiger partial charge in [-0.25, -0.2) is 0 Å². The first-order chi connectivity index (χ1) is 13.2. The Bertz CT molecular complexity index is 717. The molecule has 0 bridgehead atoms. The van der Waals surface area contributed by atoms with Gasteiger partial charge in [0.2, 0.25) is 0 Å². The maximum absolute atomic E-state index is 12.6. The molecule has 6 nitrogen and oxygen atoms in total. The minimum atomic E-state index is -0.0143. The van der Waals surface area contributed by atoms with E-state index in [9.17, 15) is 4.79 Å². The summed E-state index contributed by atoms with van der Waals surface area (Å²) < 4.78 is 0. The zero-order valence-electron chi connectivity index (χ0n) is 16.3. The van der Waals surface area contributed by atoms with E-state index in [0.29, 0.717) is 11.5 Å². The highest BCUT2D eigenvalue weighted by Crippen LogP contribution is 2.20. The number of benzene rings is 1. The van der Waals surface area contributed by atoms with Crippen molar-refractivity contribution in [3.05, 3.63) is 42.1 Å². The summed E-state index contributed by atoms with van der Waals surface area (Å²) in [6.45, 7) is 7.92. The maximum atomic E-state index is 12.6. The Balaban J connectivity index is 1.62. The molecule has 2 heterocycles. The number of aromatic nitrogens is 2. The molecule has 1 aliphatic rings. The number of anilines is 3. The van der Waals surface area contributed by atoms with E-state index in [1.54, 1.807) is 6.07 Å². The van der Waals surface area contributed by atoms with Crippen LogP contribution in [0, 0.1) is 0 Å². The summed E-state index contributed by atoms with van der Waals surface area (Å²) in [5, 5.41) is 11.6. The van der Waals surface area contributed by atoms with Crippen LogP contribution in [-0.4, -0.2) is 47.2 Å². The highest BCUT2D eigenvalue weighted by atomic mass is 16.2. The van der Waals surface area contributed by atoms with E-state index in [0.717, 1.165) is 44.7 Å². The fourth-order valence-electron chi connectivity index (χ4n) is 3.44. The van der Waals surface area contributed by atoms with Crippen LogP contribution in [-0.2, 0) is 0 Å². The van der Waals surface area contributed by atoms with E-state index < -0.39 is 0 Å². The fourth-order valence-corrected chi connectivity index (χ4v) is 3.44. The fraction of sp³-hybridized carbons (Fsp3) is 0.476. The molecule has 6 heteroatoms. The van der Waals surface area contributed by atoms with E-state index in [1.165, 1.54) is 18.5 Å². The van der Waals surface area contributed by atoms with Gasteiger partial charge in [-0.05, 0) is 63.1 Å². The van der Waals surface area contributed by atoms with E-state index in [-0.39, 0.29) is 5.91 Å². The average molecular weight is 367 g/mol. The number of nitrogens with one attached hydrogen (secondary N) is 1. The molecule has 1 aromatic heterocycles. The molecule has 0 spiro atoms. The number of nitrogens with zero attached hydrogens (tertiary/aromatic N) is 4. The number of likely N-dealkylation sites (tertiary alicyclic amines) is 1. The van der Waals surface area contributed by atoms with Crippen LogP contribution >= 0.6 is 0 Å². The molecule has 0 aliphatic carbocycles. The molecule has 2 aromatic rings. The monoisotopic (exact) mass is 367 g/mol. The predicted molar refractivity (Wildman–Crippen MR) is 110 cm³/mol. The first kappa shape index (κ1) is 19.1. The third-order valence-electron chi connectivity index (χ3n) is 5.05. The van der Waals surface area contributed by atoms with Gasteiger partial charge in [-0.1, -0.05) is 12.8 Å². The molecule has 1 fully saturated rings. The Morgan fingerprint density at radius 1 is 0.963 bits per heavy atom. The highest BCUT2D eigenvalue weighted by Gasteiger charge is 2.18. The molecule has 0 unspecified atom stereocenters. The summed E-state index contributed by atoms with van der Waals surface area (Å²) in [4.78, 5) is 16.8. The first-order valence-electron chi connectivity index (χ1n) is 9.96. The van der Waals surface area contributed by atoms with Gasteiger partial charge in [0.1, 0.15) is 0 Å². The third kappa shape index (κ3) is 4.96. The van der Waals surface area contributed by atoms with Crippen LogP contribution in [0.15, 0.2) is 36.4 Å². The van der Waals surface area contributed by atoms with Crippen molar-refractivity contribution in [2.45, 2.75) is 39.5 Å². The van der Waals surface area contributed by atoms with E-state index in [1.807, 2.05) is 23.1 Å². The molecule has 0 atom stereocenters. The summed E-state index contributed by atoms with van der Waals surface area (Å²) in [6.07, 6.45) is 4.54. The largest absolute Gasteiger partial charge is 0.372 e. The van der Waals surface area contributed by atoms with Crippen molar-refractivity contribution >= 4 is 23.1 Å². The smallest absolute Gasteiger partial charge is 0.274 e. The van der Waals surface area contributed by atoms with Crippen LogP contribution in [0.3, 0.4) is 0 Å². The van der Waals surface area contributed by atoms with Gasteiger partial charge < -0.3 is 15.1 Å². The predicted octanol–water partition coefficient (Wildman–Crippen LogP) is 4.08. The molecule has 1 aliphatic heterocycles. The zero-order valence-corrected chi connectivity index (χ0v) is 16.3. The molecule has 1 saturated heterocycles. The Kier molecular flexibility index (Phi) is 6.63. The summed E-state index contributed by atoms with van der Waals surface area (Å²) in [7, 11) is 0. The van der Waals surface area contributed by atoms with Crippen LogP contribution in [0.5, 0.6) is 0 Å².